The van der Waals surface area contributed by atoms with Gasteiger partial charge in [0.25, 0.3) is 0 Å². The first-order valence-corrected chi connectivity index (χ1v) is 7.88. The minimum atomic E-state index is -0.978. The second-order valence-electron chi connectivity index (χ2n) is 6.20. The van der Waals surface area contributed by atoms with Gasteiger partial charge >= 0.3 is 12.1 Å². The van der Waals surface area contributed by atoms with Gasteiger partial charge < -0.3 is 10.5 Å². The van der Waals surface area contributed by atoms with Gasteiger partial charge in [0.15, 0.2) is 0 Å². The van der Waals surface area contributed by atoms with E-state index in [4.69, 9.17) is 10.5 Å². The number of nitrogens with zero attached hydrogens (tertiary/aromatic N) is 2. The molecule has 7 heteroatoms. The summed E-state index contributed by atoms with van der Waals surface area (Å²) < 4.78 is 19.9. The van der Waals surface area contributed by atoms with Crippen LogP contribution in [0.4, 0.5) is 19.7 Å². The van der Waals surface area contributed by atoms with Crippen molar-refractivity contribution in [2.75, 3.05) is 11.4 Å². The van der Waals surface area contributed by atoms with Crippen LogP contribution in [0.1, 0.15) is 12.5 Å². The highest BCUT2D eigenvalue weighted by Gasteiger charge is 2.60. The number of halogens is 1. The number of anilines is 1. The maximum absolute atomic E-state index is 13.9. The Morgan fingerprint density at radius 1 is 1.28 bits per heavy atom. The van der Waals surface area contributed by atoms with E-state index in [1.807, 2.05) is 37.3 Å². The van der Waals surface area contributed by atoms with E-state index in [1.54, 1.807) is 0 Å². The van der Waals surface area contributed by atoms with Crippen LogP contribution in [0.5, 0.6) is 5.75 Å². The van der Waals surface area contributed by atoms with Crippen LogP contribution in [-0.4, -0.2) is 29.6 Å². The summed E-state index contributed by atoms with van der Waals surface area (Å²) in [4.78, 5) is 27.1. The number of amides is 4. The fourth-order valence-electron chi connectivity index (χ4n) is 3.71. The van der Waals surface area contributed by atoms with Crippen molar-refractivity contribution >= 4 is 17.7 Å². The van der Waals surface area contributed by atoms with Gasteiger partial charge in [-0.25, -0.2) is 18.9 Å². The third kappa shape index (κ3) is 2.02. The molecule has 0 spiro atoms. The van der Waals surface area contributed by atoms with Crippen molar-refractivity contribution < 1.29 is 18.7 Å². The zero-order chi connectivity index (χ0) is 17.8. The molecule has 2 unspecified atom stereocenters. The van der Waals surface area contributed by atoms with Crippen molar-refractivity contribution in [1.82, 2.24) is 4.90 Å². The molecule has 2 aliphatic heterocycles. The van der Waals surface area contributed by atoms with Gasteiger partial charge in [0, 0.05) is 6.07 Å². The molecule has 0 bridgehead atoms. The number of carbonyl (C=O) groups is 2. The number of benzene rings is 2. The van der Waals surface area contributed by atoms with Crippen LogP contribution in [0.2, 0.25) is 0 Å². The Morgan fingerprint density at radius 3 is 2.68 bits per heavy atom. The average Bonchev–Trinajstić information content (AvgIpc) is 2.92. The Balaban J connectivity index is 1.99. The van der Waals surface area contributed by atoms with Crippen molar-refractivity contribution in [3.63, 3.8) is 0 Å². The SMILES string of the molecule is CC1Oc2ccc(F)cc2N2C(=O)N(C(N)=O)CC12c1ccccc1. The first-order chi connectivity index (χ1) is 11.9. The number of urea groups is 2. The maximum atomic E-state index is 13.9. The lowest BCUT2D eigenvalue weighted by Gasteiger charge is -2.46. The zero-order valence-electron chi connectivity index (χ0n) is 13.5. The number of hydrogen-bond acceptors (Lipinski definition) is 3. The Hall–Kier alpha value is -3.09. The molecule has 2 aliphatic rings. The Labute approximate surface area is 143 Å². The van der Waals surface area contributed by atoms with E-state index in [9.17, 15) is 14.0 Å². The van der Waals surface area contributed by atoms with Crippen LogP contribution in [0.25, 0.3) is 0 Å². The number of nitrogens with two attached hydrogens (primary N) is 1. The highest BCUT2D eigenvalue weighted by molar-refractivity contribution is 6.06. The number of fused-ring (bicyclic) bond motifs is 3. The van der Waals surface area contributed by atoms with Gasteiger partial charge in [-0.3, -0.25) is 4.90 Å². The number of primary amides is 1. The summed E-state index contributed by atoms with van der Waals surface area (Å²) in [7, 11) is 0. The molecule has 6 nitrogen and oxygen atoms in total. The highest BCUT2D eigenvalue weighted by atomic mass is 19.1. The van der Waals surface area contributed by atoms with E-state index in [0.717, 1.165) is 10.5 Å². The lowest BCUT2D eigenvalue weighted by molar-refractivity contribution is 0.112. The molecule has 2 aromatic carbocycles. The van der Waals surface area contributed by atoms with E-state index in [1.165, 1.54) is 23.1 Å². The first kappa shape index (κ1) is 15.4. The monoisotopic (exact) mass is 341 g/mol. The molecule has 1 saturated heterocycles. The molecule has 2 atom stereocenters. The van der Waals surface area contributed by atoms with Gasteiger partial charge in [0.1, 0.15) is 23.2 Å². The summed E-state index contributed by atoms with van der Waals surface area (Å²) in [5.74, 6) is -0.107. The van der Waals surface area contributed by atoms with Crippen molar-refractivity contribution in [1.29, 1.82) is 0 Å². The second-order valence-corrected chi connectivity index (χ2v) is 6.20. The van der Waals surface area contributed by atoms with E-state index in [2.05, 4.69) is 0 Å². The fraction of sp³-hybridized carbons (Fsp3) is 0.222. The molecule has 1 fully saturated rings. The summed E-state index contributed by atoms with van der Waals surface area (Å²) in [5.41, 5.74) is 5.50. The number of rotatable bonds is 1. The Morgan fingerprint density at radius 2 is 2.00 bits per heavy atom. The average molecular weight is 341 g/mol. The van der Waals surface area contributed by atoms with Gasteiger partial charge in [-0.05, 0) is 24.6 Å². The van der Waals surface area contributed by atoms with Crippen LogP contribution in [-0.2, 0) is 5.54 Å². The smallest absolute Gasteiger partial charge is 0.333 e. The molecule has 2 aromatic rings. The molecule has 2 heterocycles. The number of carbonyl (C=O) groups excluding carboxylic acids is 2. The van der Waals surface area contributed by atoms with E-state index >= 15 is 0 Å². The maximum Gasteiger partial charge on any atom is 0.333 e. The largest absolute Gasteiger partial charge is 0.486 e. The minimum absolute atomic E-state index is 0.0301. The van der Waals surface area contributed by atoms with Crippen LogP contribution >= 0.6 is 0 Å². The van der Waals surface area contributed by atoms with Gasteiger partial charge in [0.2, 0.25) is 0 Å². The Kier molecular flexibility index (Phi) is 3.21. The molecule has 4 rings (SSSR count). The molecule has 0 saturated carbocycles. The van der Waals surface area contributed by atoms with Crippen molar-refractivity contribution in [2.24, 2.45) is 5.73 Å². The number of hydrogen-bond donors (Lipinski definition) is 1. The Bertz CT molecular complexity index is 873. The van der Waals surface area contributed by atoms with Crippen LogP contribution in [0.15, 0.2) is 48.5 Å². The van der Waals surface area contributed by atoms with Crippen LogP contribution < -0.4 is 15.4 Å². The normalized spacial score (nSPS) is 24.6. The summed E-state index contributed by atoms with van der Waals surface area (Å²) >= 11 is 0. The highest BCUT2D eigenvalue weighted by Crippen LogP contribution is 2.50. The van der Waals surface area contributed by atoms with Crippen molar-refractivity contribution in [3.8, 4) is 5.75 Å². The third-order valence-electron chi connectivity index (χ3n) is 4.90. The molecule has 4 amide bonds. The summed E-state index contributed by atoms with van der Waals surface area (Å²) in [6.07, 6.45) is -0.471. The lowest BCUT2D eigenvalue weighted by atomic mass is 9.82. The number of imide groups is 1. The molecular formula is C18H16FN3O3. The van der Waals surface area contributed by atoms with Gasteiger partial charge in [0.05, 0.1) is 12.2 Å². The molecule has 2 N–H and O–H groups in total. The summed E-state index contributed by atoms with van der Waals surface area (Å²) in [5, 5.41) is 0. The third-order valence-corrected chi connectivity index (χ3v) is 4.90. The van der Waals surface area contributed by atoms with E-state index in [0.29, 0.717) is 5.75 Å². The van der Waals surface area contributed by atoms with E-state index < -0.39 is 29.5 Å². The van der Waals surface area contributed by atoms with Crippen molar-refractivity contribution in [2.45, 2.75) is 18.6 Å². The molecule has 25 heavy (non-hydrogen) atoms. The molecular weight excluding hydrogens is 325 g/mol. The summed E-state index contributed by atoms with van der Waals surface area (Å²) in [6.45, 7) is 1.85. The molecule has 0 aliphatic carbocycles. The molecule has 0 radical (unpaired) electrons. The van der Waals surface area contributed by atoms with Gasteiger partial charge in [-0.1, -0.05) is 30.3 Å². The first-order valence-electron chi connectivity index (χ1n) is 7.88. The van der Waals surface area contributed by atoms with Crippen molar-refractivity contribution in [3.05, 3.63) is 59.9 Å². The van der Waals surface area contributed by atoms with E-state index in [-0.39, 0.29) is 12.2 Å². The molecule has 128 valence electrons. The predicted octanol–water partition coefficient (Wildman–Crippen LogP) is 2.82. The predicted molar refractivity (Wildman–Crippen MR) is 88.8 cm³/mol. The second kappa shape index (κ2) is 5.20. The quantitative estimate of drug-likeness (QED) is 0.866. The lowest BCUT2D eigenvalue weighted by Crippen LogP contribution is -2.57. The van der Waals surface area contributed by atoms with Crippen LogP contribution in [0, 0.1) is 5.82 Å². The number of ether oxygens (including phenoxy) is 1. The zero-order valence-corrected chi connectivity index (χ0v) is 13.5. The topological polar surface area (TPSA) is 75.9 Å². The summed E-state index contributed by atoms with van der Waals surface area (Å²) in [6, 6.07) is 11.8. The van der Waals surface area contributed by atoms with Crippen LogP contribution in [0.3, 0.4) is 0 Å². The van der Waals surface area contributed by atoms with Gasteiger partial charge in [-0.2, -0.15) is 0 Å². The standard InChI is InChI=1S/C18H16FN3O3/c1-11-18(12-5-3-2-4-6-12)10-21(16(20)23)17(24)22(18)14-9-13(19)7-8-15(14)25-11/h2-9,11H,10H2,1H3,(H2,20,23). The van der Waals surface area contributed by atoms with Gasteiger partial charge in [-0.15, -0.1) is 0 Å². The fourth-order valence-corrected chi connectivity index (χ4v) is 3.71. The molecule has 0 aromatic heterocycles. The minimum Gasteiger partial charge on any atom is -0.486 e.